The maximum Gasteiger partial charge on any atom is 0.331 e. The Morgan fingerprint density at radius 1 is 1.00 bits per heavy atom. The van der Waals surface area contributed by atoms with Crippen molar-refractivity contribution in [1.29, 1.82) is 0 Å². The Bertz CT molecular complexity index is 49.2. The van der Waals surface area contributed by atoms with Crippen molar-refractivity contribution in [3.8, 4) is 0 Å². The van der Waals surface area contributed by atoms with Gasteiger partial charge in [0.05, 0.1) is 0 Å². The van der Waals surface area contributed by atoms with Gasteiger partial charge in [-0.2, -0.15) is 0 Å². The van der Waals surface area contributed by atoms with E-state index in [4.69, 9.17) is 0 Å². The lowest BCUT2D eigenvalue weighted by Crippen LogP contribution is -1.81. The highest BCUT2D eigenvalue weighted by Crippen LogP contribution is 2.06. The predicted molar refractivity (Wildman–Crippen MR) is 46.4 cm³/mol. The van der Waals surface area contributed by atoms with E-state index in [1.807, 2.05) is 0 Å². The monoisotopic (exact) mass is 144 g/mol. The lowest BCUT2D eigenvalue weighted by molar-refractivity contribution is 0.621. The molecule has 0 aromatic carbocycles. The summed E-state index contributed by atoms with van der Waals surface area (Å²) in [5.41, 5.74) is 0. The summed E-state index contributed by atoms with van der Waals surface area (Å²) >= 11 is 0. The van der Waals surface area contributed by atoms with Gasteiger partial charge in [-0.05, 0) is 6.32 Å². The summed E-state index contributed by atoms with van der Waals surface area (Å²) in [6, 6.07) is 0. The van der Waals surface area contributed by atoms with E-state index < -0.39 is 0 Å². The molecule has 60 valence electrons. The topological polar surface area (TPSA) is 0 Å². The van der Waals surface area contributed by atoms with Gasteiger partial charge in [0.25, 0.3) is 0 Å². The van der Waals surface area contributed by atoms with Crippen molar-refractivity contribution in [3.05, 3.63) is 0 Å². The van der Waals surface area contributed by atoms with Crippen LogP contribution in [0.1, 0.15) is 45.4 Å². The summed E-state index contributed by atoms with van der Waals surface area (Å²) in [6.07, 6.45) is 8.35. The van der Waals surface area contributed by atoms with Crippen molar-refractivity contribution in [3.63, 3.8) is 0 Å². The van der Waals surface area contributed by atoms with Gasteiger partial charge in [-0.1, -0.05) is 45.4 Å². The van der Waals surface area contributed by atoms with Gasteiger partial charge in [-0.15, -0.1) is 0 Å². The van der Waals surface area contributed by atoms with Crippen molar-refractivity contribution >= 4 is 7.56 Å². The Hall–Kier alpha value is -0.00506. The Morgan fingerprint density at radius 3 is 2.20 bits per heavy atom. The average molecular weight is 144 g/mol. The third-order valence-corrected chi connectivity index (χ3v) is 1.74. The van der Waals surface area contributed by atoms with Gasteiger partial charge in [0.15, 0.2) is 0 Å². The summed E-state index contributed by atoms with van der Waals surface area (Å²) < 4.78 is 11.6. The normalized spacial score (nSPS) is 9.80. The first kappa shape index (κ1) is 9.99. The van der Waals surface area contributed by atoms with Crippen LogP contribution in [-0.4, -0.2) is 7.56 Å². The first-order chi connectivity index (χ1) is 4.91. The molecule has 0 aliphatic heterocycles. The van der Waals surface area contributed by atoms with Crippen LogP contribution in [0.2, 0.25) is 6.32 Å². The fourth-order valence-corrected chi connectivity index (χ4v) is 1.05. The van der Waals surface area contributed by atoms with Gasteiger partial charge in [0.2, 0.25) is 0 Å². The number of hydrogen-bond acceptors (Lipinski definition) is 0. The van der Waals surface area contributed by atoms with Crippen LogP contribution in [0, 0.1) is 0 Å². The van der Waals surface area contributed by atoms with Crippen LogP contribution in [0.5, 0.6) is 0 Å². The minimum Gasteiger partial charge on any atom is -0.341 e. The smallest absolute Gasteiger partial charge is 0.331 e. The summed E-state index contributed by atoms with van der Waals surface area (Å²) in [7, 11) is -0.131. The van der Waals surface area contributed by atoms with Crippen LogP contribution in [0.15, 0.2) is 0 Å². The average Bonchev–Trinajstić information content (AvgIpc) is 1.97. The third-order valence-electron chi connectivity index (χ3n) is 1.74. The van der Waals surface area contributed by atoms with Crippen molar-refractivity contribution < 1.29 is 4.32 Å². The molecule has 0 saturated heterocycles. The van der Waals surface area contributed by atoms with Crippen LogP contribution in [0.4, 0.5) is 4.32 Å². The lowest BCUT2D eigenvalue weighted by atomic mass is 9.94. The summed E-state index contributed by atoms with van der Waals surface area (Å²) in [5.74, 6) is 0. The standard InChI is InChI=1S/C8H18BF/c1-2-3-4-5-6-7-8-9-10/h9H,2-8H2,1H3. The van der Waals surface area contributed by atoms with Crippen molar-refractivity contribution in [2.45, 2.75) is 51.8 Å². The van der Waals surface area contributed by atoms with E-state index in [1.165, 1.54) is 32.1 Å². The molecule has 2 heteroatoms. The van der Waals surface area contributed by atoms with E-state index in [9.17, 15) is 4.32 Å². The minimum absolute atomic E-state index is 0.131. The molecule has 0 heterocycles. The maximum atomic E-state index is 11.6. The van der Waals surface area contributed by atoms with E-state index >= 15 is 0 Å². The van der Waals surface area contributed by atoms with Gasteiger partial charge in [-0.3, -0.25) is 0 Å². The van der Waals surface area contributed by atoms with Gasteiger partial charge < -0.3 is 4.32 Å². The number of rotatable bonds is 7. The Morgan fingerprint density at radius 2 is 1.60 bits per heavy atom. The highest BCUT2D eigenvalue weighted by molar-refractivity contribution is 6.25. The van der Waals surface area contributed by atoms with E-state index in [1.54, 1.807) is 0 Å². The van der Waals surface area contributed by atoms with E-state index in [0.717, 1.165) is 12.7 Å². The second-order valence-corrected chi connectivity index (χ2v) is 2.81. The van der Waals surface area contributed by atoms with Crippen LogP contribution in [-0.2, 0) is 0 Å². The minimum atomic E-state index is -0.131. The molecular formula is C8H18BF. The molecule has 0 aromatic heterocycles. The second kappa shape index (κ2) is 8.99. The highest BCUT2D eigenvalue weighted by Gasteiger charge is 1.90. The zero-order chi connectivity index (χ0) is 7.66. The van der Waals surface area contributed by atoms with Gasteiger partial charge in [-0.25, -0.2) is 0 Å². The molecule has 0 aromatic rings. The van der Waals surface area contributed by atoms with Gasteiger partial charge >= 0.3 is 7.56 Å². The maximum absolute atomic E-state index is 11.6. The van der Waals surface area contributed by atoms with Crippen LogP contribution in [0.25, 0.3) is 0 Å². The number of unbranched alkanes of at least 4 members (excludes halogenated alkanes) is 5. The first-order valence-electron chi connectivity index (χ1n) is 4.47. The van der Waals surface area contributed by atoms with Crippen molar-refractivity contribution in [2.75, 3.05) is 0 Å². The predicted octanol–water partition coefficient (Wildman–Crippen LogP) is 3.09. The van der Waals surface area contributed by atoms with E-state index in [-0.39, 0.29) is 7.56 Å². The Balaban J connectivity index is 2.65. The first-order valence-corrected chi connectivity index (χ1v) is 4.47. The Kier molecular flexibility index (Phi) is 8.99. The molecule has 0 spiro atoms. The SMILES string of the molecule is CCCCCCCCBF. The van der Waals surface area contributed by atoms with E-state index in [2.05, 4.69) is 6.92 Å². The van der Waals surface area contributed by atoms with Crippen LogP contribution < -0.4 is 0 Å². The molecule has 0 rings (SSSR count). The van der Waals surface area contributed by atoms with Crippen LogP contribution in [0.3, 0.4) is 0 Å². The molecule has 0 bridgehead atoms. The molecule has 0 saturated carbocycles. The van der Waals surface area contributed by atoms with Crippen molar-refractivity contribution in [2.24, 2.45) is 0 Å². The fraction of sp³-hybridized carbons (Fsp3) is 1.00. The zero-order valence-corrected chi connectivity index (χ0v) is 7.03. The molecule has 0 nitrogen and oxygen atoms in total. The third kappa shape index (κ3) is 7.99. The molecule has 0 N–H and O–H groups in total. The lowest BCUT2D eigenvalue weighted by Gasteiger charge is -1.96. The summed E-state index contributed by atoms with van der Waals surface area (Å²) in [6.45, 7) is 2.21. The second-order valence-electron chi connectivity index (χ2n) is 2.81. The van der Waals surface area contributed by atoms with Gasteiger partial charge in [0, 0.05) is 0 Å². The number of hydrogen-bond donors (Lipinski definition) is 0. The molecule has 0 atom stereocenters. The van der Waals surface area contributed by atoms with Crippen molar-refractivity contribution in [1.82, 2.24) is 0 Å². The largest absolute Gasteiger partial charge is 0.341 e. The molecule has 0 unspecified atom stereocenters. The fourth-order valence-electron chi connectivity index (χ4n) is 1.05. The number of halogens is 1. The summed E-state index contributed by atoms with van der Waals surface area (Å²) in [5, 5.41) is 0. The molecule has 10 heavy (non-hydrogen) atoms. The molecule has 0 amide bonds. The molecule has 0 radical (unpaired) electrons. The van der Waals surface area contributed by atoms with Gasteiger partial charge in [0.1, 0.15) is 0 Å². The quantitative estimate of drug-likeness (QED) is 0.380. The molecule has 0 fully saturated rings. The van der Waals surface area contributed by atoms with Crippen LogP contribution >= 0.6 is 0 Å². The molecular weight excluding hydrogens is 126 g/mol. The Labute approximate surface area is 64.5 Å². The zero-order valence-electron chi connectivity index (χ0n) is 7.03. The molecule has 0 aliphatic rings. The summed E-state index contributed by atoms with van der Waals surface area (Å²) in [4.78, 5) is 0. The molecule has 0 aliphatic carbocycles. The van der Waals surface area contributed by atoms with E-state index in [0.29, 0.717) is 0 Å². The highest BCUT2D eigenvalue weighted by atomic mass is 19.1.